The molecule has 1 aromatic heterocycles. The molecule has 0 aliphatic carbocycles. The molecule has 1 atom stereocenters. The average molecular weight is 383 g/mol. The lowest BCUT2D eigenvalue weighted by molar-refractivity contribution is 0.0686. The Labute approximate surface area is 158 Å². The third-order valence-electron chi connectivity index (χ3n) is 4.81. The molecule has 0 bridgehead atoms. The Bertz CT molecular complexity index is 722. The van der Waals surface area contributed by atoms with Crippen molar-refractivity contribution in [2.45, 2.75) is 32.7 Å². The second-order valence-electron chi connectivity index (χ2n) is 6.62. The summed E-state index contributed by atoms with van der Waals surface area (Å²) in [5.41, 5.74) is 7.98. The van der Waals surface area contributed by atoms with Gasteiger partial charge in [-0.1, -0.05) is 12.1 Å². The number of amides is 1. The highest BCUT2D eigenvalue weighted by atomic mass is 35.5. The molecule has 1 amide bonds. The molecule has 136 valence electrons. The van der Waals surface area contributed by atoms with Crippen molar-refractivity contribution in [3.63, 3.8) is 0 Å². The molecule has 3 rings (SSSR count). The third-order valence-corrected chi connectivity index (χ3v) is 6.08. The normalized spacial score (nSPS) is 16.4. The maximum absolute atomic E-state index is 13.1. The smallest absolute Gasteiger partial charge is 0.263 e. The monoisotopic (exact) mass is 382 g/mol. The van der Waals surface area contributed by atoms with Crippen molar-refractivity contribution in [2.75, 3.05) is 13.1 Å². The van der Waals surface area contributed by atoms with E-state index in [1.54, 1.807) is 12.1 Å². The highest BCUT2D eigenvalue weighted by Gasteiger charge is 2.26. The number of hydrogen-bond donors (Lipinski definition) is 1. The van der Waals surface area contributed by atoms with Gasteiger partial charge in [-0.15, -0.1) is 23.7 Å². The van der Waals surface area contributed by atoms with E-state index in [1.807, 2.05) is 24.8 Å². The van der Waals surface area contributed by atoms with Gasteiger partial charge < -0.3 is 10.6 Å². The van der Waals surface area contributed by atoms with Crippen LogP contribution >= 0.6 is 23.7 Å². The molecule has 25 heavy (non-hydrogen) atoms. The fourth-order valence-electron chi connectivity index (χ4n) is 3.26. The third kappa shape index (κ3) is 4.40. The van der Waals surface area contributed by atoms with Crippen molar-refractivity contribution in [3.8, 4) is 10.4 Å². The van der Waals surface area contributed by atoms with E-state index >= 15 is 0 Å². The topological polar surface area (TPSA) is 46.3 Å². The summed E-state index contributed by atoms with van der Waals surface area (Å²) < 4.78 is 13.1. The number of nitrogens with two attached hydrogens (primary N) is 1. The number of piperidine rings is 1. The molecule has 1 saturated heterocycles. The maximum atomic E-state index is 13.1. The lowest BCUT2D eigenvalue weighted by Crippen LogP contribution is -2.42. The van der Waals surface area contributed by atoms with Crippen molar-refractivity contribution in [1.82, 2.24) is 4.90 Å². The summed E-state index contributed by atoms with van der Waals surface area (Å²) in [6.07, 6.45) is 1.94. The Kier molecular flexibility index (Phi) is 6.60. The van der Waals surface area contributed by atoms with Gasteiger partial charge in [0, 0.05) is 24.0 Å². The zero-order valence-electron chi connectivity index (χ0n) is 14.5. The van der Waals surface area contributed by atoms with Crippen molar-refractivity contribution in [2.24, 2.45) is 11.7 Å². The lowest BCUT2D eigenvalue weighted by atomic mass is 9.91. The number of thiophene rings is 1. The van der Waals surface area contributed by atoms with Crippen molar-refractivity contribution in [1.29, 1.82) is 0 Å². The highest BCUT2D eigenvalue weighted by Crippen LogP contribution is 2.33. The van der Waals surface area contributed by atoms with Gasteiger partial charge in [0.25, 0.3) is 5.91 Å². The van der Waals surface area contributed by atoms with Crippen molar-refractivity contribution < 1.29 is 9.18 Å². The van der Waals surface area contributed by atoms with Crippen LogP contribution in [0.15, 0.2) is 30.3 Å². The zero-order chi connectivity index (χ0) is 17.3. The second-order valence-corrected chi connectivity index (χ2v) is 7.67. The predicted molar refractivity (Wildman–Crippen MR) is 104 cm³/mol. The van der Waals surface area contributed by atoms with Crippen LogP contribution in [0.3, 0.4) is 0 Å². The SMILES string of the molecule is Cc1cc(C(=O)N2CCC(C(C)N)CC2)sc1-c1ccc(F)cc1.Cl. The van der Waals surface area contributed by atoms with Gasteiger partial charge in [-0.3, -0.25) is 4.79 Å². The van der Waals surface area contributed by atoms with Crippen LogP contribution in [0.1, 0.15) is 35.0 Å². The minimum atomic E-state index is -0.249. The van der Waals surface area contributed by atoms with Gasteiger partial charge in [0.05, 0.1) is 4.88 Å². The number of nitrogens with zero attached hydrogens (tertiary/aromatic N) is 1. The van der Waals surface area contributed by atoms with Crippen molar-refractivity contribution in [3.05, 3.63) is 46.6 Å². The first-order valence-corrected chi connectivity index (χ1v) is 9.18. The van der Waals surface area contributed by atoms with E-state index in [1.165, 1.54) is 23.5 Å². The van der Waals surface area contributed by atoms with Crippen molar-refractivity contribution >= 4 is 29.7 Å². The van der Waals surface area contributed by atoms with Crippen LogP contribution in [-0.2, 0) is 0 Å². The first-order valence-electron chi connectivity index (χ1n) is 8.37. The van der Waals surface area contributed by atoms with Gasteiger partial charge in [0.1, 0.15) is 5.82 Å². The van der Waals surface area contributed by atoms with Crippen LogP contribution < -0.4 is 5.73 Å². The Morgan fingerprint density at radius 2 is 1.88 bits per heavy atom. The molecule has 6 heteroatoms. The van der Waals surface area contributed by atoms with E-state index in [0.29, 0.717) is 5.92 Å². The Hall–Kier alpha value is -1.43. The standard InChI is InChI=1S/C19H23FN2OS.ClH/c1-12-11-17(24-18(12)15-3-5-16(20)6-4-15)19(23)22-9-7-14(8-10-22)13(2)21;/h3-6,11,13-14H,7-10,21H2,1-2H3;1H. The highest BCUT2D eigenvalue weighted by molar-refractivity contribution is 7.17. The zero-order valence-corrected chi connectivity index (χ0v) is 16.1. The Morgan fingerprint density at radius 1 is 1.28 bits per heavy atom. The van der Waals surface area contributed by atoms with Gasteiger partial charge in [-0.05, 0) is 61.9 Å². The van der Waals surface area contributed by atoms with Crippen LogP contribution in [0.4, 0.5) is 4.39 Å². The molecule has 0 saturated carbocycles. The molecule has 1 aliphatic rings. The van der Waals surface area contributed by atoms with E-state index in [-0.39, 0.29) is 30.2 Å². The Balaban J connectivity index is 0.00000225. The van der Waals surface area contributed by atoms with Gasteiger partial charge >= 0.3 is 0 Å². The summed E-state index contributed by atoms with van der Waals surface area (Å²) >= 11 is 1.49. The fraction of sp³-hybridized carbons (Fsp3) is 0.421. The predicted octanol–water partition coefficient (Wildman–Crippen LogP) is 4.48. The van der Waals surface area contributed by atoms with Crippen LogP contribution in [0.25, 0.3) is 10.4 Å². The van der Waals surface area contributed by atoms with Gasteiger partial charge in [-0.25, -0.2) is 4.39 Å². The number of aryl methyl sites for hydroxylation is 1. The molecule has 1 unspecified atom stereocenters. The fourth-order valence-corrected chi connectivity index (χ4v) is 4.41. The molecule has 0 spiro atoms. The van der Waals surface area contributed by atoms with Crippen LogP contribution in [0.5, 0.6) is 0 Å². The molecule has 2 N–H and O–H groups in total. The van der Waals surface area contributed by atoms with E-state index in [0.717, 1.165) is 46.8 Å². The van der Waals surface area contributed by atoms with Crippen LogP contribution in [0, 0.1) is 18.7 Å². The summed E-state index contributed by atoms with van der Waals surface area (Å²) in [7, 11) is 0. The minimum absolute atomic E-state index is 0. The number of rotatable bonds is 3. The first-order chi connectivity index (χ1) is 11.5. The Morgan fingerprint density at radius 3 is 2.44 bits per heavy atom. The number of hydrogen-bond acceptors (Lipinski definition) is 3. The number of benzene rings is 1. The van der Waals surface area contributed by atoms with Gasteiger partial charge in [0.15, 0.2) is 0 Å². The molecule has 1 aromatic carbocycles. The molecule has 0 radical (unpaired) electrons. The molecule has 2 aromatic rings. The first kappa shape index (κ1) is 19.9. The molecule has 1 aliphatic heterocycles. The number of likely N-dealkylation sites (tertiary alicyclic amines) is 1. The summed E-state index contributed by atoms with van der Waals surface area (Å²) in [5.74, 6) is 0.356. The van der Waals surface area contributed by atoms with Gasteiger partial charge in [-0.2, -0.15) is 0 Å². The summed E-state index contributed by atoms with van der Waals surface area (Å²) in [5, 5.41) is 0. The van der Waals surface area contributed by atoms with E-state index in [2.05, 4.69) is 0 Å². The molecule has 3 nitrogen and oxygen atoms in total. The lowest BCUT2D eigenvalue weighted by Gasteiger charge is -2.33. The summed E-state index contributed by atoms with van der Waals surface area (Å²) in [4.78, 5) is 16.5. The molecule has 1 fully saturated rings. The maximum Gasteiger partial charge on any atom is 0.263 e. The minimum Gasteiger partial charge on any atom is -0.338 e. The molecular formula is C19H24ClFN2OS. The second kappa shape index (κ2) is 8.30. The van der Waals surface area contributed by atoms with Crippen LogP contribution in [-0.4, -0.2) is 29.9 Å². The number of halogens is 2. The van der Waals surface area contributed by atoms with Crippen LogP contribution in [0.2, 0.25) is 0 Å². The van der Waals surface area contributed by atoms with E-state index in [9.17, 15) is 9.18 Å². The summed E-state index contributed by atoms with van der Waals surface area (Å²) in [6, 6.07) is 8.57. The number of carbonyl (C=O) groups excluding carboxylic acids is 1. The molecule has 2 heterocycles. The van der Waals surface area contributed by atoms with E-state index < -0.39 is 0 Å². The average Bonchev–Trinajstić information content (AvgIpc) is 2.97. The van der Waals surface area contributed by atoms with Gasteiger partial charge in [0.2, 0.25) is 0 Å². The quantitative estimate of drug-likeness (QED) is 0.850. The summed E-state index contributed by atoms with van der Waals surface area (Å²) in [6.45, 7) is 5.58. The largest absolute Gasteiger partial charge is 0.338 e. The number of carbonyl (C=O) groups is 1. The molecular weight excluding hydrogens is 359 g/mol. The van der Waals surface area contributed by atoms with E-state index in [4.69, 9.17) is 5.73 Å².